The van der Waals surface area contributed by atoms with Crippen molar-refractivity contribution in [2.75, 3.05) is 20.2 Å². The summed E-state index contributed by atoms with van der Waals surface area (Å²) in [4.78, 5) is 19.5. The number of aromatic nitrogens is 1. The van der Waals surface area contributed by atoms with Crippen molar-refractivity contribution in [3.05, 3.63) is 78.4 Å². The van der Waals surface area contributed by atoms with Crippen molar-refractivity contribution in [3.8, 4) is 11.6 Å². The number of benzene rings is 2. The van der Waals surface area contributed by atoms with E-state index in [-0.39, 0.29) is 11.9 Å². The van der Waals surface area contributed by atoms with Gasteiger partial charge in [-0.2, -0.15) is 0 Å². The van der Waals surface area contributed by atoms with Crippen molar-refractivity contribution in [2.24, 2.45) is 11.8 Å². The number of methoxy groups -OCH3 is 1. The Balaban J connectivity index is 1.52. The largest absolute Gasteiger partial charge is 0.497 e. The SMILES string of the molecule is C=C[C@H]1CN2CCC1C[C@H]2[C@H](O)c1cc(OC(=O)c2ccccc2)nc2ccc(OC)cc12. The Morgan fingerprint density at radius 3 is 2.76 bits per heavy atom. The first-order valence-corrected chi connectivity index (χ1v) is 11.4. The number of fused-ring (bicyclic) bond motifs is 4. The fourth-order valence-corrected chi connectivity index (χ4v) is 5.27. The highest BCUT2D eigenvalue weighted by Gasteiger charge is 2.42. The van der Waals surface area contributed by atoms with Gasteiger partial charge in [-0.05, 0) is 67.1 Å². The molecule has 0 aliphatic carbocycles. The zero-order valence-electron chi connectivity index (χ0n) is 18.7. The van der Waals surface area contributed by atoms with E-state index in [1.54, 1.807) is 37.4 Å². The van der Waals surface area contributed by atoms with Crippen LogP contribution in [0.5, 0.6) is 11.6 Å². The average molecular weight is 445 g/mol. The van der Waals surface area contributed by atoms with Crippen LogP contribution in [0, 0.1) is 11.8 Å². The van der Waals surface area contributed by atoms with Gasteiger partial charge in [0.2, 0.25) is 5.88 Å². The number of hydrogen-bond donors (Lipinski definition) is 1. The molecule has 2 bridgehead atoms. The van der Waals surface area contributed by atoms with Crippen molar-refractivity contribution >= 4 is 16.9 Å². The summed E-state index contributed by atoms with van der Waals surface area (Å²) in [5.41, 5.74) is 1.79. The third-order valence-corrected chi connectivity index (χ3v) is 7.07. The van der Waals surface area contributed by atoms with Gasteiger partial charge >= 0.3 is 5.97 Å². The fourth-order valence-electron chi connectivity index (χ4n) is 5.27. The van der Waals surface area contributed by atoms with Crippen LogP contribution in [-0.2, 0) is 0 Å². The Morgan fingerprint density at radius 1 is 1.24 bits per heavy atom. The molecule has 33 heavy (non-hydrogen) atoms. The molecule has 0 radical (unpaired) electrons. The Morgan fingerprint density at radius 2 is 2.06 bits per heavy atom. The zero-order valence-corrected chi connectivity index (χ0v) is 18.7. The van der Waals surface area contributed by atoms with Gasteiger partial charge in [-0.3, -0.25) is 4.90 Å². The van der Waals surface area contributed by atoms with E-state index in [1.165, 1.54) is 0 Å². The van der Waals surface area contributed by atoms with Crippen LogP contribution in [0.4, 0.5) is 0 Å². The maximum Gasteiger partial charge on any atom is 0.344 e. The predicted molar refractivity (Wildman–Crippen MR) is 126 cm³/mol. The minimum atomic E-state index is -0.745. The van der Waals surface area contributed by atoms with Crippen LogP contribution in [0.1, 0.15) is 34.9 Å². The average Bonchev–Trinajstić information content (AvgIpc) is 2.88. The van der Waals surface area contributed by atoms with Gasteiger partial charge < -0.3 is 14.6 Å². The van der Waals surface area contributed by atoms with Gasteiger partial charge in [0.15, 0.2) is 0 Å². The number of aliphatic hydroxyl groups is 1. The Labute approximate surface area is 193 Å². The summed E-state index contributed by atoms with van der Waals surface area (Å²) in [6.45, 7) is 5.88. The van der Waals surface area contributed by atoms with Crippen LogP contribution in [0.25, 0.3) is 10.9 Å². The highest BCUT2D eigenvalue weighted by molar-refractivity contribution is 5.91. The van der Waals surface area contributed by atoms with Crippen molar-refractivity contribution in [1.82, 2.24) is 9.88 Å². The van der Waals surface area contributed by atoms with Gasteiger partial charge in [0.25, 0.3) is 0 Å². The molecule has 5 atom stereocenters. The van der Waals surface area contributed by atoms with Gasteiger partial charge in [-0.15, -0.1) is 6.58 Å². The lowest BCUT2D eigenvalue weighted by Gasteiger charge is -2.50. The third kappa shape index (κ3) is 4.12. The molecule has 3 fully saturated rings. The lowest BCUT2D eigenvalue weighted by Crippen LogP contribution is -2.54. The molecule has 0 amide bonds. The van der Waals surface area contributed by atoms with Gasteiger partial charge in [0.1, 0.15) is 5.75 Å². The van der Waals surface area contributed by atoms with Gasteiger partial charge in [0.05, 0.1) is 24.3 Å². The number of carbonyl (C=O) groups is 1. The van der Waals surface area contributed by atoms with Gasteiger partial charge in [-0.1, -0.05) is 24.3 Å². The number of nitrogens with zero attached hydrogens (tertiary/aromatic N) is 2. The number of esters is 1. The Hall–Kier alpha value is -3.22. The quantitative estimate of drug-likeness (QED) is 0.449. The summed E-state index contributed by atoms with van der Waals surface area (Å²) in [5, 5.41) is 12.4. The first-order chi connectivity index (χ1) is 16.1. The van der Waals surface area contributed by atoms with Gasteiger partial charge in [0, 0.05) is 24.0 Å². The minimum absolute atomic E-state index is 0.00516. The topological polar surface area (TPSA) is 71.9 Å². The Bertz CT molecular complexity index is 1180. The highest BCUT2D eigenvalue weighted by Crippen LogP contribution is 2.42. The molecule has 2 aromatic carbocycles. The second-order valence-electron chi connectivity index (χ2n) is 8.88. The molecule has 6 nitrogen and oxygen atoms in total. The molecule has 3 aromatic rings. The normalized spacial score (nSPS) is 24.9. The Kier molecular flexibility index (Phi) is 5.87. The monoisotopic (exact) mass is 444 g/mol. The van der Waals surface area contributed by atoms with E-state index in [4.69, 9.17) is 9.47 Å². The van der Waals surface area contributed by atoms with Gasteiger partial charge in [-0.25, -0.2) is 9.78 Å². The van der Waals surface area contributed by atoms with Crippen molar-refractivity contribution in [3.63, 3.8) is 0 Å². The second-order valence-corrected chi connectivity index (χ2v) is 8.88. The number of piperidine rings is 3. The van der Waals surface area contributed by atoms with Crippen molar-refractivity contribution < 1.29 is 19.4 Å². The smallest absolute Gasteiger partial charge is 0.344 e. The first kappa shape index (κ1) is 21.6. The van der Waals surface area contributed by atoms with Crippen LogP contribution in [0.15, 0.2) is 67.3 Å². The molecular weight excluding hydrogens is 416 g/mol. The molecule has 170 valence electrons. The number of carbonyl (C=O) groups excluding carboxylic acids is 1. The summed E-state index contributed by atoms with van der Waals surface area (Å²) in [6.07, 6.45) is 3.34. The number of hydrogen-bond acceptors (Lipinski definition) is 6. The van der Waals surface area contributed by atoms with E-state index in [1.807, 2.05) is 30.3 Å². The number of aliphatic hydroxyl groups excluding tert-OH is 1. The van der Waals surface area contributed by atoms with E-state index in [2.05, 4.69) is 16.5 Å². The number of rotatable bonds is 6. The van der Waals surface area contributed by atoms with Crippen LogP contribution < -0.4 is 9.47 Å². The molecule has 6 rings (SSSR count). The molecular formula is C27H28N2O4. The maximum absolute atomic E-state index is 12.6. The summed E-state index contributed by atoms with van der Waals surface area (Å²) >= 11 is 0. The third-order valence-electron chi connectivity index (χ3n) is 7.07. The molecule has 6 heteroatoms. The minimum Gasteiger partial charge on any atom is -0.497 e. The van der Waals surface area contributed by atoms with Crippen LogP contribution in [0.3, 0.4) is 0 Å². The summed E-state index contributed by atoms with van der Waals surface area (Å²) in [5.74, 6) is 1.38. The highest BCUT2D eigenvalue weighted by atomic mass is 16.5. The van der Waals surface area contributed by atoms with Crippen LogP contribution in [0.2, 0.25) is 0 Å². The second kappa shape index (κ2) is 8.96. The standard InChI is InChI=1S/C27H28N2O4/c1-3-17-16-29-12-11-19(17)13-24(29)26(30)22-15-25(33-27(31)18-7-5-4-6-8-18)28-23-10-9-20(32-2)14-21(22)23/h3-10,14-15,17,19,24,26,30H,1,11-13,16H2,2H3/t17-,19?,24-,26+/m0/s1. The molecule has 1 aromatic heterocycles. The van der Waals surface area contributed by atoms with Crippen molar-refractivity contribution in [2.45, 2.75) is 25.0 Å². The van der Waals surface area contributed by atoms with E-state index >= 15 is 0 Å². The summed E-state index contributed by atoms with van der Waals surface area (Å²) in [6, 6.07) is 16.0. The fraction of sp³-hybridized carbons (Fsp3) is 0.333. The lowest BCUT2D eigenvalue weighted by molar-refractivity contribution is -0.0445. The molecule has 0 spiro atoms. The van der Waals surface area contributed by atoms with Crippen LogP contribution >= 0.6 is 0 Å². The molecule has 4 heterocycles. The first-order valence-electron chi connectivity index (χ1n) is 11.4. The molecule has 2 unspecified atom stereocenters. The molecule has 3 saturated heterocycles. The van der Waals surface area contributed by atoms with E-state index in [0.29, 0.717) is 34.2 Å². The molecule has 0 saturated carbocycles. The molecule has 1 N–H and O–H groups in total. The zero-order chi connectivity index (χ0) is 22.9. The van der Waals surface area contributed by atoms with Crippen LogP contribution in [-0.4, -0.2) is 47.2 Å². The molecule has 3 aliphatic heterocycles. The summed E-state index contributed by atoms with van der Waals surface area (Å²) in [7, 11) is 1.61. The molecule has 3 aliphatic rings. The van der Waals surface area contributed by atoms with E-state index in [0.717, 1.165) is 31.3 Å². The summed E-state index contributed by atoms with van der Waals surface area (Å²) < 4.78 is 11.0. The lowest BCUT2D eigenvalue weighted by atomic mass is 9.73. The maximum atomic E-state index is 12.6. The number of pyridine rings is 1. The van der Waals surface area contributed by atoms with E-state index in [9.17, 15) is 9.90 Å². The predicted octanol–water partition coefficient (Wildman–Crippen LogP) is 4.39. The number of ether oxygens (including phenoxy) is 2. The van der Waals surface area contributed by atoms with Crippen molar-refractivity contribution in [1.29, 1.82) is 0 Å². The van der Waals surface area contributed by atoms with E-state index < -0.39 is 12.1 Å².